The van der Waals surface area contributed by atoms with Crippen LogP contribution in [0.2, 0.25) is 0 Å². The van der Waals surface area contributed by atoms with Crippen molar-refractivity contribution in [3.63, 3.8) is 0 Å². The second-order valence-corrected chi connectivity index (χ2v) is 7.41. The summed E-state index contributed by atoms with van der Waals surface area (Å²) in [5, 5.41) is 1.67. The summed E-state index contributed by atoms with van der Waals surface area (Å²) in [5.74, 6) is 0.132. The normalized spacial score (nSPS) is 13.1. The number of thiophene rings is 1. The molecule has 94 valence electrons. The van der Waals surface area contributed by atoms with Crippen molar-refractivity contribution in [3.05, 3.63) is 61.9 Å². The number of halogens is 2. The van der Waals surface area contributed by atoms with Crippen LogP contribution in [0.5, 0.6) is 0 Å². The Hall–Kier alpha value is -0.620. The number of benzene rings is 1. The third-order valence-corrected chi connectivity index (χ3v) is 4.85. The van der Waals surface area contributed by atoms with Gasteiger partial charge >= 0.3 is 0 Å². The smallest absolute Gasteiger partial charge is 0.135 e. The minimum Gasteiger partial charge on any atom is -0.612 e. The van der Waals surface area contributed by atoms with E-state index in [0.717, 1.165) is 14.2 Å². The van der Waals surface area contributed by atoms with E-state index in [9.17, 15) is 8.94 Å². The summed E-state index contributed by atoms with van der Waals surface area (Å²) in [6.07, 6.45) is 1.84. The molecule has 1 aromatic carbocycles. The summed E-state index contributed by atoms with van der Waals surface area (Å²) in [6.45, 7) is 0. The van der Waals surface area contributed by atoms with E-state index in [-0.39, 0.29) is 5.82 Å². The lowest BCUT2D eigenvalue weighted by molar-refractivity contribution is 0.602. The van der Waals surface area contributed by atoms with Crippen molar-refractivity contribution in [2.75, 3.05) is 0 Å². The van der Waals surface area contributed by atoms with Crippen molar-refractivity contribution in [2.24, 2.45) is 0 Å². The molecule has 0 saturated heterocycles. The molecule has 0 saturated carbocycles. The molecule has 0 radical (unpaired) electrons. The van der Waals surface area contributed by atoms with Gasteiger partial charge in [-0.3, -0.25) is 0 Å². The zero-order valence-electron chi connectivity index (χ0n) is 9.31. The van der Waals surface area contributed by atoms with Gasteiger partial charge in [0.25, 0.3) is 0 Å². The first-order chi connectivity index (χ1) is 8.63. The van der Waals surface area contributed by atoms with Crippen LogP contribution in [0.4, 0.5) is 4.39 Å². The Kier molecular flexibility index (Phi) is 5.00. The second-order valence-electron chi connectivity index (χ2n) is 3.60. The first-order valence-corrected chi connectivity index (χ1v) is 8.18. The van der Waals surface area contributed by atoms with E-state index in [2.05, 4.69) is 15.9 Å². The van der Waals surface area contributed by atoms with Gasteiger partial charge in [0, 0.05) is 16.5 Å². The molecular formula is C13H10BrFOS2. The van der Waals surface area contributed by atoms with E-state index in [4.69, 9.17) is 0 Å². The molecule has 1 atom stereocenters. The zero-order valence-corrected chi connectivity index (χ0v) is 12.5. The van der Waals surface area contributed by atoms with Gasteiger partial charge < -0.3 is 4.55 Å². The van der Waals surface area contributed by atoms with Crippen LogP contribution in [-0.4, -0.2) is 4.55 Å². The summed E-state index contributed by atoms with van der Waals surface area (Å²) in [7, 11) is 0. The third-order valence-electron chi connectivity index (χ3n) is 2.20. The van der Waals surface area contributed by atoms with Crippen molar-refractivity contribution in [1.29, 1.82) is 0 Å². The number of hydrogen-bond donors (Lipinski definition) is 0. The number of hydrogen-bond acceptors (Lipinski definition) is 2. The van der Waals surface area contributed by atoms with Gasteiger partial charge in [-0.15, -0.1) is 11.3 Å². The lowest BCUT2D eigenvalue weighted by Crippen LogP contribution is -1.99. The molecule has 1 unspecified atom stereocenters. The summed E-state index contributed by atoms with van der Waals surface area (Å²) in [5.41, 5.74) is 0.867. The summed E-state index contributed by atoms with van der Waals surface area (Å²) in [6, 6.07) is 9.98. The van der Waals surface area contributed by atoms with Gasteiger partial charge in [-0.2, -0.15) is 0 Å². The van der Waals surface area contributed by atoms with E-state index in [1.54, 1.807) is 28.9 Å². The predicted molar refractivity (Wildman–Crippen MR) is 79.3 cm³/mol. The van der Waals surface area contributed by atoms with Crippen molar-refractivity contribution in [2.45, 2.75) is 5.75 Å². The summed E-state index contributed by atoms with van der Waals surface area (Å²) < 4.78 is 25.6. The van der Waals surface area contributed by atoms with Gasteiger partial charge in [0.05, 0.1) is 3.79 Å². The average molecular weight is 345 g/mol. The topological polar surface area (TPSA) is 23.1 Å². The predicted octanol–water partition coefficient (Wildman–Crippen LogP) is 4.57. The molecule has 1 nitrogen and oxygen atoms in total. The number of rotatable bonds is 4. The highest BCUT2D eigenvalue weighted by atomic mass is 79.9. The highest BCUT2D eigenvalue weighted by Gasteiger charge is 2.04. The van der Waals surface area contributed by atoms with E-state index in [0.29, 0.717) is 5.75 Å². The molecular weight excluding hydrogens is 335 g/mol. The SMILES string of the molecule is [O-][S+](C=Cc1ccc(Br)s1)Cc1ccc(F)cc1. The Balaban J connectivity index is 1.94. The summed E-state index contributed by atoms with van der Waals surface area (Å²) >= 11 is 3.88. The van der Waals surface area contributed by atoms with Crippen LogP contribution in [0, 0.1) is 5.82 Å². The maximum Gasteiger partial charge on any atom is 0.135 e. The molecule has 1 aromatic heterocycles. The van der Waals surface area contributed by atoms with Gasteiger partial charge in [-0.25, -0.2) is 4.39 Å². The molecule has 2 aromatic rings. The minimum absolute atomic E-state index is 0.275. The fourth-order valence-corrected chi connectivity index (χ4v) is 3.68. The molecule has 5 heteroatoms. The fraction of sp³-hybridized carbons (Fsp3) is 0.0769. The highest BCUT2D eigenvalue weighted by Crippen LogP contribution is 2.23. The van der Waals surface area contributed by atoms with Crippen molar-refractivity contribution < 1.29 is 8.94 Å². The fourth-order valence-electron chi connectivity index (χ4n) is 1.35. The molecule has 2 rings (SSSR count). The van der Waals surface area contributed by atoms with E-state index in [1.807, 2.05) is 18.2 Å². The van der Waals surface area contributed by atoms with Crippen LogP contribution in [0.1, 0.15) is 10.4 Å². The standard InChI is InChI=1S/C13H10BrFOS2/c14-13-6-5-12(17-13)7-8-18(16)9-10-1-3-11(15)4-2-10/h1-8H,9H2. The Morgan fingerprint density at radius 2 is 1.94 bits per heavy atom. The van der Waals surface area contributed by atoms with E-state index < -0.39 is 11.2 Å². The molecule has 1 heterocycles. The van der Waals surface area contributed by atoms with E-state index in [1.165, 1.54) is 12.1 Å². The van der Waals surface area contributed by atoms with Crippen LogP contribution in [0.3, 0.4) is 0 Å². The van der Waals surface area contributed by atoms with Crippen molar-refractivity contribution in [3.8, 4) is 0 Å². The molecule has 0 fully saturated rings. The van der Waals surface area contributed by atoms with Crippen LogP contribution in [-0.2, 0) is 16.9 Å². The first-order valence-electron chi connectivity index (χ1n) is 5.18. The highest BCUT2D eigenvalue weighted by molar-refractivity contribution is 9.11. The van der Waals surface area contributed by atoms with Gasteiger partial charge in [0.2, 0.25) is 0 Å². The molecule has 0 aliphatic carbocycles. The Bertz CT molecular complexity index is 536. The van der Waals surface area contributed by atoms with Crippen LogP contribution in [0.25, 0.3) is 6.08 Å². The van der Waals surface area contributed by atoms with Crippen molar-refractivity contribution >= 4 is 44.5 Å². The maximum atomic E-state index is 12.7. The average Bonchev–Trinajstić information content (AvgIpc) is 2.76. The van der Waals surface area contributed by atoms with Crippen LogP contribution >= 0.6 is 27.3 Å². The zero-order chi connectivity index (χ0) is 13.0. The third kappa shape index (κ3) is 4.24. The molecule has 18 heavy (non-hydrogen) atoms. The van der Waals surface area contributed by atoms with Crippen LogP contribution < -0.4 is 0 Å². The monoisotopic (exact) mass is 344 g/mol. The first kappa shape index (κ1) is 13.8. The Morgan fingerprint density at radius 1 is 1.22 bits per heavy atom. The lowest BCUT2D eigenvalue weighted by Gasteiger charge is -2.05. The molecule has 0 N–H and O–H groups in total. The van der Waals surface area contributed by atoms with Gasteiger partial charge in [0.1, 0.15) is 17.0 Å². The van der Waals surface area contributed by atoms with Gasteiger partial charge in [-0.1, -0.05) is 12.1 Å². The van der Waals surface area contributed by atoms with Crippen molar-refractivity contribution in [1.82, 2.24) is 0 Å². The van der Waals surface area contributed by atoms with E-state index >= 15 is 0 Å². The summed E-state index contributed by atoms with van der Waals surface area (Å²) in [4.78, 5) is 1.05. The van der Waals surface area contributed by atoms with Gasteiger partial charge in [0.15, 0.2) is 0 Å². The maximum absolute atomic E-state index is 12.7. The molecule has 0 bridgehead atoms. The quantitative estimate of drug-likeness (QED) is 0.745. The molecule has 0 aliphatic rings. The van der Waals surface area contributed by atoms with Gasteiger partial charge in [-0.05, 0) is 51.4 Å². The largest absolute Gasteiger partial charge is 0.612 e. The van der Waals surface area contributed by atoms with Crippen LogP contribution in [0.15, 0.2) is 45.6 Å². The molecule has 0 amide bonds. The lowest BCUT2D eigenvalue weighted by atomic mass is 10.2. The Labute approximate surface area is 121 Å². The minimum atomic E-state index is -1.08. The Morgan fingerprint density at radius 3 is 2.56 bits per heavy atom. The molecule has 0 spiro atoms. The second kappa shape index (κ2) is 6.52. The molecule has 0 aliphatic heterocycles.